The molecule has 0 amide bonds. The van der Waals surface area contributed by atoms with Gasteiger partial charge in [0.2, 0.25) is 0 Å². The average Bonchev–Trinajstić information content (AvgIpc) is 3.25. The Balaban J connectivity index is 0.00000121. The number of rotatable bonds is 7. The second kappa shape index (κ2) is 5.69. The van der Waals surface area contributed by atoms with Crippen molar-refractivity contribution in [1.82, 2.24) is 6.15 Å². The smallest absolute Gasteiger partial charge is 0.123 e. The number of benzene rings is 1. The highest BCUT2D eigenvalue weighted by Crippen LogP contribution is 2.31. The van der Waals surface area contributed by atoms with Crippen molar-refractivity contribution in [2.24, 2.45) is 0 Å². The van der Waals surface area contributed by atoms with Crippen molar-refractivity contribution >= 4 is 0 Å². The molecule has 1 aromatic carbocycles. The van der Waals surface area contributed by atoms with Crippen molar-refractivity contribution in [3.63, 3.8) is 0 Å². The summed E-state index contributed by atoms with van der Waals surface area (Å²) in [4.78, 5) is 0. The van der Waals surface area contributed by atoms with Crippen LogP contribution in [-0.4, -0.2) is 44.7 Å². The summed E-state index contributed by atoms with van der Waals surface area (Å²) in [5.41, 5.74) is 2.63. The van der Waals surface area contributed by atoms with E-state index in [1.54, 1.807) is 0 Å². The Morgan fingerprint density at radius 2 is 1.60 bits per heavy atom. The van der Waals surface area contributed by atoms with E-state index >= 15 is 0 Å². The zero-order valence-corrected chi connectivity index (χ0v) is 11.5. The zero-order chi connectivity index (χ0) is 12.7. The number of hydrogen-bond acceptors (Lipinski definition) is 5. The van der Waals surface area contributed by atoms with Gasteiger partial charge in [-0.3, -0.25) is 0 Å². The molecule has 4 rings (SSSR count). The van der Waals surface area contributed by atoms with Crippen molar-refractivity contribution < 1.29 is 18.9 Å². The van der Waals surface area contributed by atoms with Crippen molar-refractivity contribution in [2.45, 2.75) is 31.2 Å². The van der Waals surface area contributed by atoms with E-state index in [9.17, 15) is 0 Å². The predicted octanol–water partition coefficient (Wildman–Crippen LogP) is 1.51. The Morgan fingerprint density at radius 1 is 0.950 bits per heavy atom. The first-order valence-corrected chi connectivity index (χ1v) is 6.97. The van der Waals surface area contributed by atoms with Gasteiger partial charge in [-0.2, -0.15) is 0 Å². The Kier molecular flexibility index (Phi) is 3.94. The molecule has 0 radical (unpaired) electrons. The van der Waals surface area contributed by atoms with Gasteiger partial charge in [-0.05, 0) is 11.6 Å². The maximum atomic E-state index is 5.91. The lowest BCUT2D eigenvalue weighted by Gasteiger charge is -2.14. The van der Waals surface area contributed by atoms with E-state index in [0.29, 0.717) is 24.9 Å². The molecule has 3 aliphatic heterocycles. The van der Waals surface area contributed by atoms with E-state index in [4.69, 9.17) is 18.9 Å². The van der Waals surface area contributed by atoms with Crippen LogP contribution < -0.4 is 10.9 Å². The fourth-order valence-electron chi connectivity index (χ4n) is 2.36. The standard InChI is InChI=1S/C15H18O4.H3N/c1-2-10(4-11-6-16-11)14(5-12-7-17-12)15(3-1)19-9-13-8-18-13;/h1-3,11-13H,4-9H2;1H3. The summed E-state index contributed by atoms with van der Waals surface area (Å²) in [6, 6.07) is 6.30. The van der Waals surface area contributed by atoms with Gasteiger partial charge in [0, 0.05) is 18.4 Å². The van der Waals surface area contributed by atoms with Gasteiger partial charge in [0.15, 0.2) is 0 Å². The van der Waals surface area contributed by atoms with Gasteiger partial charge in [-0.15, -0.1) is 0 Å². The molecule has 0 saturated carbocycles. The minimum absolute atomic E-state index is 0. The summed E-state index contributed by atoms with van der Waals surface area (Å²) in [6.07, 6.45) is 3.00. The van der Waals surface area contributed by atoms with Crippen molar-refractivity contribution in [2.75, 3.05) is 26.4 Å². The Hall–Kier alpha value is -1.14. The molecule has 5 nitrogen and oxygen atoms in total. The summed E-state index contributed by atoms with van der Waals surface area (Å²) in [5.74, 6) is 0.990. The molecule has 3 unspecified atom stereocenters. The zero-order valence-electron chi connectivity index (χ0n) is 11.5. The average molecular weight is 279 g/mol. The second-order valence-electron chi connectivity index (χ2n) is 5.48. The van der Waals surface area contributed by atoms with Crippen molar-refractivity contribution in [3.05, 3.63) is 29.3 Å². The molecular formula is C15H21NO4. The summed E-state index contributed by atoms with van der Waals surface area (Å²) in [5, 5.41) is 0. The molecular weight excluding hydrogens is 258 g/mol. The van der Waals surface area contributed by atoms with Gasteiger partial charge in [0.25, 0.3) is 0 Å². The van der Waals surface area contributed by atoms with E-state index in [1.807, 2.05) is 0 Å². The van der Waals surface area contributed by atoms with Crippen LogP contribution in [0.3, 0.4) is 0 Å². The third-order valence-corrected chi connectivity index (χ3v) is 3.74. The minimum atomic E-state index is 0. The maximum absolute atomic E-state index is 5.91. The number of ether oxygens (including phenoxy) is 4. The first-order chi connectivity index (χ1) is 9.38. The fraction of sp³-hybridized carbons (Fsp3) is 0.600. The lowest BCUT2D eigenvalue weighted by Crippen LogP contribution is -2.09. The predicted molar refractivity (Wildman–Crippen MR) is 73.6 cm³/mol. The van der Waals surface area contributed by atoms with E-state index in [-0.39, 0.29) is 6.15 Å². The quantitative estimate of drug-likeness (QED) is 0.765. The monoisotopic (exact) mass is 279 g/mol. The first kappa shape index (κ1) is 13.8. The molecule has 5 heteroatoms. The molecule has 0 aromatic heterocycles. The van der Waals surface area contributed by atoms with Gasteiger partial charge in [-0.1, -0.05) is 12.1 Å². The van der Waals surface area contributed by atoms with Gasteiger partial charge in [-0.25, -0.2) is 0 Å². The largest absolute Gasteiger partial charge is 0.490 e. The number of hydrogen-bond donors (Lipinski definition) is 1. The van der Waals surface area contributed by atoms with Crippen molar-refractivity contribution in [3.8, 4) is 5.75 Å². The van der Waals surface area contributed by atoms with E-state index in [0.717, 1.165) is 38.4 Å². The van der Waals surface area contributed by atoms with Crippen LogP contribution in [0.25, 0.3) is 0 Å². The van der Waals surface area contributed by atoms with Gasteiger partial charge in [0.05, 0.1) is 32.0 Å². The third-order valence-electron chi connectivity index (χ3n) is 3.74. The first-order valence-electron chi connectivity index (χ1n) is 6.97. The van der Waals surface area contributed by atoms with Crippen LogP contribution in [0, 0.1) is 0 Å². The molecule has 3 heterocycles. The molecule has 0 bridgehead atoms. The van der Waals surface area contributed by atoms with E-state index in [2.05, 4.69) is 18.2 Å². The Morgan fingerprint density at radius 3 is 2.25 bits per heavy atom. The summed E-state index contributed by atoms with van der Waals surface area (Å²) >= 11 is 0. The third kappa shape index (κ3) is 3.49. The Bertz CT molecular complexity index is 467. The van der Waals surface area contributed by atoms with Crippen LogP contribution in [0.5, 0.6) is 5.75 Å². The highest BCUT2D eigenvalue weighted by molar-refractivity contribution is 5.42. The highest BCUT2D eigenvalue weighted by Gasteiger charge is 2.30. The van der Waals surface area contributed by atoms with Gasteiger partial charge in [0.1, 0.15) is 18.5 Å². The van der Waals surface area contributed by atoms with Crippen LogP contribution in [0.2, 0.25) is 0 Å². The second-order valence-corrected chi connectivity index (χ2v) is 5.48. The van der Waals surface area contributed by atoms with Crippen LogP contribution in [0.15, 0.2) is 18.2 Å². The van der Waals surface area contributed by atoms with E-state index < -0.39 is 0 Å². The summed E-state index contributed by atoms with van der Waals surface area (Å²) in [7, 11) is 0. The normalized spacial score (nSPS) is 29.5. The Labute approximate surface area is 118 Å². The van der Waals surface area contributed by atoms with Gasteiger partial charge >= 0.3 is 0 Å². The molecule has 0 aliphatic carbocycles. The minimum Gasteiger partial charge on any atom is -0.490 e. The van der Waals surface area contributed by atoms with Crippen molar-refractivity contribution in [1.29, 1.82) is 0 Å². The maximum Gasteiger partial charge on any atom is 0.123 e. The number of epoxide rings is 3. The molecule has 20 heavy (non-hydrogen) atoms. The molecule has 3 saturated heterocycles. The molecule has 3 N–H and O–H groups in total. The van der Waals surface area contributed by atoms with Crippen LogP contribution in [0.1, 0.15) is 11.1 Å². The van der Waals surface area contributed by atoms with Crippen LogP contribution in [-0.2, 0) is 27.1 Å². The molecule has 1 aromatic rings. The molecule has 3 fully saturated rings. The molecule has 0 spiro atoms. The summed E-state index contributed by atoms with van der Waals surface area (Å²) < 4.78 is 21.8. The molecule has 3 atom stereocenters. The van der Waals surface area contributed by atoms with Gasteiger partial charge < -0.3 is 25.1 Å². The SMILES string of the molecule is N.c1cc(CC2CO2)c(CC2CO2)c(OCC2CO2)c1. The molecule has 3 aliphatic rings. The highest BCUT2D eigenvalue weighted by atomic mass is 16.6. The van der Waals surface area contributed by atoms with E-state index in [1.165, 1.54) is 11.1 Å². The lowest BCUT2D eigenvalue weighted by molar-refractivity contribution is 0.260. The molecule has 110 valence electrons. The topological polar surface area (TPSA) is 81.8 Å². The lowest BCUT2D eigenvalue weighted by atomic mass is 9.98. The fourth-order valence-corrected chi connectivity index (χ4v) is 2.36. The summed E-state index contributed by atoms with van der Waals surface area (Å²) in [6.45, 7) is 3.25. The van der Waals surface area contributed by atoms with Crippen LogP contribution in [0.4, 0.5) is 0 Å². The van der Waals surface area contributed by atoms with Crippen LogP contribution >= 0.6 is 0 Å².